The van der Waals surface area contributed by atoms with Crippen LogP contribution in [0.1, 0.15) is 30.5 Å². The highest BCUT2D eigenvalue weighted by Gasteiger charge is 2.16. The largest absolute Gasteiger partial charge is 0.389 e. The second-order valence-corrected chi connectivity index (χ2v) is 6.11. The smallest absolute Gasteiger partial charge is 0.136 e. The highest BCUT2D eigenvalue weighted by Crippen LogP contribution is 2.20. The Labute approximate surface area is 126 Å². The predicted octanol–water partition coefficient (Wildman–Crippen LogP) is 2.17. The molecule has 0 aromatic carbocycles. The second-order valence-electron chi connectivity index (χ2n) is 5.68. The van der Waals surface area contributed by atoms with E-state index in [0.29, 0.717) is 4.99 Å². The summed E-state index contributed by atoms with van der Waals surface area (Å²) < 4.78 is 0. The van der Waals surface area contributed by atoms with Gasteiger partial charge in [0.1, 0.15) is 10.8 Å². The predicted molar refractivity (Wildman–Crippen MR) is 88.2 cm³/mol. The summed E-state index contributed by atoms with van der Waals surface area (Å²) in [5, 5.41) is 3.40. The molecule has 0 radical (unpaired) electrons. The van der Waals surface area contributed by atoms with Crippen molar-refractivity contribution in [3.63, 3.8) is 0 Å². The number of piperidine rings is 1. The van der Waals surface area contributed by atoms with Crippen molar-refractivity contribution in [3.8, 4) is 0 Å². The lowest BCUT2D eigenvalue weighted by atomic mass is 9.94. The van der Waals surface area contributed by atoms with Gasteiger partial charge in [0.05, 0.1) is 5.56 Å². The molecule has 2 heterocycles. The van der Waals surface area contributed by atoms with Gasteiger partial charge in [0.15, 0.2) is 0 Å². The van der Waals surface area contributed by atoms with Crippen molar-refractivity contribution in [3.05, 3.63) is 23.4 Å². The van der Waals surface area contributed by atoms with Gasteiger partial charge in [-0.1, -0.05) is 12.2 Å². The molecule has 3 N–H and O–H groups in total. The summed E-state index contributed by atoms with van der Waals surface area (Å²) in [7, 11) is 2.19. The number of pyridine rings is 1. The van der Waals surface area contributed by atoms with Crippen LogP contribution in [0.5, 0.6) is 0 Å². The Morgan fingerprint density at radius 2 is 2.15 bits per heavy atom. The molecule has 1 aromatic rings. The molecule has 20 heavy (non-hydrogen) atoms. The number of likely N-dealkylation sites (tertiary alicyclic amines) is 1. The van der Waals surface area contributed by atoms with Gasteiger partial charge in [-0.15, -0.1) is 0 Å². The average Bonchev–Trinajstić information content (AvgIpc) is 2.41. The van der Waals surface area contributed by atoms with Gasteiger partial charge in [-0.05, 0) is 64.4 Å². The molecule has 1 aliphatic heterocycles. The van der Waals surface area contributed by atoms with Crippen LogP contribution in [0.3, 0.4) is 0 Å². The number of nitrogens with zero attached hydrogens (tertiary/aromatic N) is 2. The molecule has 0 amide bonds. The fourth-order valence-corrected chi connectivity index (χ4v) is 2.80. The van der Waals surface area contributed by atoms with Crippen LogP contribution < -0.4 is 11.1 Å². The van der Waals surface area contributed by atoms with E-state index in [9.17, 15) is 0 Å². The molecule has 1 aromatic heterocycles. The van der Waals surface area contributed by atoms with Crippen LogP contribution in [-0.4, -0.2) is 41.6 Å². The number of aryl methyl sites for hydroxylation is 1. The van der Waals surface area contributed by atoms with Crippen LogP contribution in [-0.2, 0) is 0 Å². The van der Waals surface area contributed by atoms with Gasteiger partial charge in [-0.3, -0.25) is 0 Å². The third-order valence-electron chi connectivity index (χ3n) is 3.98. The molecule has 1 saturated heterocycles. The van der Waals surface area contributed by atoms with E-state index in [0.717, 1.165) is 29.5 Å². The van der Waals surface area contributed by atoms with Crippen molar-refractivity contribution in [2.45, 2.75) is 26.2 Å². The van der Waals surface area contributed by atoms with Gasteiger partial charge in [0.2, 0.25) is 0 Å². The first-order valence-corrected chi connectivity index (χ1v) is 7.67. The normalized spacial score (nSPS) is 17.1. The van der Waals surface area contributed by atoms with Crippen LogP contribution >= 0.6 is 12.2 Å². The first kappa shape index (κ1) is 15.2. The third kappa shape index (κ3) is 4.15. The fraction of sp³-hybridized carbons (Fsp3) is 0.600. The number of rotatable bonds is 5. The molecular weight excluding hydrogens is 268 g/mol. The minimum Gasteiger partial charge on any atom is -0.389 e. The number of nitrogens with two attached hydrogens (primary N) is 1. The van der Waals surface area contributed by atoms with Crippen LogP contribution in [0.25, 0.3) is 0 Å². The zero-order valence-corrected chi connectivity index (χ0v) is 13.2. The zero-order valence-electron chi connectivity index (χ0n) is 12.4. The van der Waals surface area contributed by atoms with Crippen LogP contribution in [0.4, 0.5) is 5.82 Å². The summed E-state index contributed by atoms with van der Waals surface area (Å²) >= 11 is 5.07. The zero-order chi connectivity index (χ0) is 14.5. The number of anilines is 1. The van der Waals surface area contributed by atoms with E-state index in [-0.39, 0.29) is 0 Å². The lowest BCUT2D eigenvalue weighted by Crippen LogP contribution is -2.31. The van der Waals surface area contributed by atoms with E-state index < -0.39 is 0 Å². The van der Waals surface area contributed by atoms with Crippen molar-refractivity contribution < 1.29 is 0 Å². The van der Waals surface area contributed by atoms with Gasteiger partial charge in [0.25, 0.3) is 0 Å². The summed E-state index contributed by atoms with van der Waals surface area (Å²) in [5.41, 5.74) is 7.56. The molecule has 0 unspecified atom stereocenters. The van der Waals surface area contributed by atoms with E-state index in [4.69, 9.17) is 18.0 Å². The Bertz CT molecular complexity index is 467. The van der Waals surface area contributed by atoms with E-state index in [1.165, 1.54) is 32.4 Å². The summed E-state index contributed by atoms with van der Waals surface area (Å²) in [6.45, 7) is 5.34. The van der Waals surface area contributed by atoms with Gasteiger partial charge < -0.3 is 16.0 Å². The van der Waals surface area contributed by atoms with Gasteiger partial charge in [0, 0.05) is 12.2 Å². The van der Waals surface area contributed by atoms with Gasteiger partial charge in [-0.2, -0.15) is 0 Å². The summed E-state index contributed by atoms with van der Waals surface area (Å²) in [6.07, 6.45) is 3.77. The highest BCUT2D eigenvalue weighted by molar-refractivity contribution is 7.80. The molecule has 0 atom stereocenters. The summed E-state index contributed by atoms with van der Waals surface area (Å²) in [4.78, 5) is 7.30. The second kappa shape index (κ2) is 6.99. The maximum atomic E-state index is 5.74. The quantitative estimate of drug-likeness (QED) is 0.815. The number of aromatic nitrogens is 1. The molecule has 0 aliphatic carbocycles. The van der Waals surface area contributed by atoms with Crippen molar-refractivity contribution in [1.29, 1.82) is 0 Å². The summed E-state index contributed by atoms with van der Waals surface area (Å²) in [5.74, 6) is 1.64. The maximum absolute atomic E-state index is 5.74. The van der Waals surface area contributed by atoms with Gasteiger partial charge in [-0.25, -0.2) is 4.98 Å². The van der Waals surface area contributed by atoms with Gasteiger partial charge >= 0.3 is 0 Å². The minimum atomic E-state index is 0.402. The van der Waals surface area contributed by atoms with Crippen LogP contribution in [0.2, 0.25) is 0 Å². The topological polar surface area (TPSA) is 54.2 Å². The molecule has 1 aliphatic rings. The Morgan fingerprint density at radius 1 is 1.45 bits per heavy atom. The number of hydrogen-bond donors (Lipinski definition) is 2. The molecule has 0 bridgehead atoms. The molecule has 5 heteroatoms. The first-order valence-electron chi connectivity index (χ1n) is 7.26. The lowest BCUT2D eigenvalue weighted by molar-refractivity contribution is 0.215. The molecule has 1 fully saturated rings. The monoisotopic (exact) mass is 292 g/mol. The molecule has 0 saturated carbocycles. The number of thiocarbonyl (C=S) groups is 1. The minimum absolute atomic E-state index is 0.402. The molecule has 0 spiro atoms. The van der Waals surface area contributed by atoms with Crippen molar-refractivity contribution in [2.75, 3.05) is 32.0 Å². The van der Waals surface area contributed by atoms with E-state index >= 15 is 0 Å². The summed E-state index contributed by atoms with van der Waals surface area (Å²) in [6, 6.07) is 3.89. The van der Waals surface area contributed by atoms with E-state index in [1.807, 2.05) is 19.1 Å². The lowest BCUT2D eigenvalue weighted by Gasteiger charge is -2.29. The molecule has 4 nitrogen and oxygen atoms in total. The number of hydrogen-bond acceptors (Lipinski definition) is 4. The Hall–Kier alpha value is -1.20. The molecule has 2 rings (SSSR count). The van der Waals surface area contributed by atoms with Crippen LogP contribution in [0.15, 0.2) is 12.1 Å². The third-order valence-corrected chi connectivity index (χ3v) is 4.20. The maximum Gasteiger partial charge on any atom is 0.136 e. The molecule has 110 valence electrons. The Kier molecular flexibility index (Phi) is 5.31. The Balaban J connectivity index is 1.87. The van der Waals surface area contributed by atoms with Crippen molar-refractivity contribution >= 4 is 23.0 Å². The standard InChI is InChI=1S/C15H24N4S/c1-11-3-4-13(14(16)20)15(18-11)17-8-5-12-6-9-19(2)10-7-12/h3-4,12H,5-10H2,1-2H3,(H2,16,20)(H,17,18). The van der Waals surface area contributed by atoms with Crippen LogP contribution in [0, 0.1) is 12.8 Å². The SMILES string of the molecule is Cc1ccc(C(N)=S)c(NCCC2CCN(C)CC2)n1. The Morgan fingerprint density at radius 3 is 2.80 bits per heavy atom. The van der Waals surface area contributed by atoms with Crippen molar-refractivity contribution in [1.82, 2.24) is 9.88 Å². The van der Waals surface area contributed by atoms with E-state index in [1.54, 1.807) is 0 Å². The highest BCUT2D eigenvalue weighted by atomic mass is 32.1. The first-order chi connectivity index (χ1) is 9.56. The average molecular weight is 292 g/mol. The molecular formula is C15H24N4S. The van der Waals surface area contributed by atoms with E-state index in [2.05, 4.69) is 22.2 Å². The number of nitrogens with one attached hydrogen (secondary N) is 1. The fourth-order valence-electron chi connectivity index (χ4n) is 2.64. The van der Waals surface area contributed by atoms with Crippen molar-refractivity contribution in [2.24, 2.45) is 11.7 Å².